The van der Waals surface area contributed by atoms with E-state index in [-0.39, 0.29) is 0 Å². The zero-order chi connectivity index (χ0) is 18.0. The van der Waals surface area contributed by atoms with Crippen LogP contribution < -0.4 is 5.73 Å². The maximum absolute atomic E-state index is 11.1. The maximum atomic E-state index is 11.1. The minimum absolute atomic E-state index is 0.450. The topological polar surface area (TPSA) is 77.0 Å². The van der Waals surface area contributed by atoms with E-state index in [1.807, 2.05) is 25.1 Å². The molecule has 2 aromatic heterocycles. The van der Waals surface area contributed by atoms with Gasteiger partial charge in [-0.15, -0.1) is 0 Å². The van der Waals surface area contributed by atoms with Crippen LogP contribution in [-0.4, -0.2) is 37.3 Å². The lowest BCUT2D eigenvalue weighted by atomic mass is 9.97. The number of anilines is 1. The van der Waals surface area contributed by atoms with E-state index in [1.165, 1.54) is 0 Å². The van der Waals surface area contributed by atoms with E-state index >= 15 is 0 Å². The summed E-state index contributed by atoms with van der Waals surface area (Å²) in [6, 6.07) is 7.98. The Morgan fingerprint density at radius 3 is 2.68 bits per heavy atom. The summed E-state index contributed by atoms with van der Waals surface area (Å²) < 4.78 is 2.15. The van der Waals surface area contributed by atoms with Crippen LogP contribution in [0.1, 0.15) is 32.5 Å². The van der Waals surface area contributed by atoms with Gasteiger partial charge in [0.05, 0.1) is 23.2 Å². The molecule has 6 heteroatoms. The van der Waals surface area contributed by atoms with Gasteiger partial charge in [-0.05, 0) is 30.9 Å². The standard InChI is InChI=1S/C19H26N4OS/c1-4-15-22-16-17(13-8-6-7-9-14(13)21-18(16)20)23(15)12-19(24,5-2)10-11-25-3/h6-9,24H,4-5,10-12H2,1-3H3,(H2,20,21). The molecule has 0 saturated carbocycles. The highest BCUT2D eigenvalue weighted by atomic mass is 32.2. The first-order valence-corrected chi connectivity index (χ1v) is 10.2. The lowest BCUT2D eigenvalue weighted by Crippen LogP contribution is -2.34. The first-order valence-electron chi connectivity index (χ1n) is 8.77. The molecule has 3 aromatic rings. The maximum Gasteiger partial charge on any atom is 0.152 e. The molecule has 1 aromatic carbocycles. The molecule has 2 heterocycles. The first kappa shape index (κ1) is 18.0. The molecule has 0 amide bonds. The van der Waals surface area contributed by atoms with Crippen LogP contribution in [0.25, 0.3) is 21.9 Å². The van der Waals surface area contributed by atoms with Crippen molar-refractivity contribution in [3.8, 4) is 0 Å². The molecule has 1 atom stereocenters. The van der Waals surface area contributed by atoms with E-state index in [0.717, 1.165) is 46.4 Å². The Kier molecular flexibility index (Phi) is 5.20. The van der Waals surface area contributed by atoms with E-state index in [2.05, 4.69) is 28.8 Å². The Bertz CT molecular complexity index is 892. The Morgan fingerprint density at radius 1 is 1.24 bits per heavy atom. The summed E-state index contributed by atoms with van der Waals surface area (Å²) >= 11 is 1.76. The summed E-state index contributed by atoms with van der Waals surface area (Å²) in [5.41, 5.74) is 8.01. The zero-order valence-corrected chi connectivity index (χ0v) is 15.9. The van der Waals surface area contributed by atoms with Crippen molar-refractivity contribution in [2.45, 2.75) is 45.3 Å². The third kappa shape index (κ3) is 3.33. The van der Waals surface area contributed by atoms with Crippen LogP contribution in [0.2, 0.25) is 0 Å². The Labute approximate surface area is 152 Å². The molecule has 0 spiro atoms. The number of rotatable bonds is 7. The van der Waals surface area contributed by atoms with E-state index in [1.54, 1.807) is 11.8 Å². The molecule has 3 N–H and O–H groups in total. The average molecular weight is 359 g/mol. The fourth-order valence-electron chi connectivity index (χ4n) is 3.30. The molecule has 25 heavy (non-hydrogen) atoms. The number of hydrogen-bond donors (Lipinski definition) is 2. The Morgan fingerprint density at radius 2 is 2.00 bits per heavy atom. The molecule has 5 nitrogen and oxygen atoms in total. The van der Waals surface area contributed by atoms with Crippen molar-refractivity contribution >= 4 is 39.5 Å². The number of aryl methyl sites for hydroxylation is 1. The molecular formula is C19H26N4OS. The first-order chi connectivity index (χ1) is 12.0. The second-order valence-corrected chi connectivity index (χ2v) is 7.49. The number of nitrogens with two attached hydrogens (primary N) is 1. The van der Waals surface area contributed by atoms with Crippen LogP contribution in [0.5, 0.6) is 0 Å². The Hall–Kier alpha value is -1.79. The van der Waals surface area contributed by atoms with Gasteiger partial charge in [-0.2, -0.15) is 11.8 Å². The van der Waals surface area contributed by atoms with E-state index in [4.69, 9.17) is 10.7 Å². The van der Waals surface area contributed by atoms with Crippen LogP contribution in [0.4, 0.5) is 5.82 Å². The summed E-state index contributed by atoms with van der Waals surface area (Å²) in [6.07, 6.45) is 4.31. The van der Waals surface area contributed by atoms with E-state index in [9.17, 15) is 5.11 Å². The number of pyridine rings is 1. The molecule has 134 valence electrons. The number of aliphatic hydroxyl groups is 1. The van der Waals surface area contributed by atoms with Crippen LogP contribution in [0.15, 0.2) is 24.3 Å². The van der Waals surface area contributed by atoms with Crippen LogP contribution in [0.3, 0.4) is 0 Å². The normalized spacial score (nSPS) is 14.2. The predicted molar refractivity (Wildman–Crippen MR) is 107 cm³/mol. The molecule has 0 aliphatic heterocycles. The highest BCUT2D eigenvalue weighted by Crippen LogP contribution is 2.31. The fraction of sp³-hybridized carbons (Fsp3) is 0.474. The number of benzene rings is 1. The number of thioether (sulfide) groups is 1. The molecule has 0 aliphatic rings. The zero-order valence-electron chi connectivity index (χ0n) is 15.1. The van der Waals surface area contributed by atoms with Gasteiger partial charge in [0.25, 0.3) is 0 Å². The van der Waals surface area contributed by atoms with Crippen LogP contribution >= 0.6 is 11.8 Å². The fourth-order valence-corrected chi connectivity index (χ4v) is 3.88. The number of nitrogens with zero attached hydrogens (tertiary/aromatic N) is 3. The molecule has 0 bridgehead atoms. The Balaban J connectivity index is 2.22. The van der Waals surface area contributed by atoms with Crippen molar-refractivity contribution in [3.05, 3.63) is 30.1 Å². The number of fused-ring (bicyclic) bond motifs is 3. The quantitative estimate of drug-likeness (QED) is 0.674. The van der Waals surface area contributed by atoms with Crippen molar-refractivity contribution in [2.24, 2.45) is 0 Å². The van der Waals surface area contributed by atoms with E-state index < -0.39 is 5.60 Å². The van der Waals surface area contributed by atoms with Gasteiger partial charge in [-0.3, -0.25) is 0 Å². The van der Waals surface area contributed by atoms with Gasteiger partial charge in [0.2, 0.25) is 0 Å². The minimum atomic E-state index is -0.750. The number of aromatic nitrogens is 3. The highest BCUT2D eigenvalue weighted by molar-refractivity contribution is 7.98. The largest absolute Gasteiger partial charge is 0.388 e. The van der Waals surface area contributed by atoms with Gasteiger partial charge < -0.3 is 15.4 Å². The molecule has 3 rings (SSSR count). The van der Waals surface area contributed by atoms with Crippen LogP contribution in [0, 0.1) is 0 Å². The van der Waals surface area contributed by atoms with Crippen molar-refractivity contribution in [1.82, 2.24) is 14.5 Å². The van der Waals surface area contributed by atoms with Crippen molar-refractivity contribution in [3.63, 3.8) is 0 Å². The number of imidazole rings is 1. The van der Waals surface area contributed by atoms with Gasteiger partial charge >= 0.3 is 0 Å². The third-order valence-electron chi connectivity index (χ3n) is 4.89. The minimum Gasteiger partial charge on any atom is -0.388 e. The van der Waals surface area contributed by atoms with Gasteiger partial charge in [0, 0.05) is 11.8 Å². The second-order valence-electron chi connectivity index (χ2n) is 6.50. The van der Waals surface area contributed by atoms with Gasteiger partial charge in [0.15, 0.2) is 5.82 Å². The molecule has 1 unspecified atom stereocenters. The third-order valence-corrected chi connectivity index (χ3v) is 5.50. The summed E-state index contributed by atoms with van der Waals surface area (Å²) in [5, 5.41) is 12.2. The van der Waals surface area contributed by atoms with Crippen molar-refractivity contribution in [2.75, 3.05) is 17.7 Å². The summed E-state index contributed by atoms with van der Waals surface area (Å²) in [6.45, 7) is 4.65. The van der Waals surface area contributed by atoms with Crippen molar-refractivity contribution < 1.29 is 5.11 Å². The molecule has 0 saturated heterocycles. The summed E-state index contributed by atoms with van der Waals surface area (Å²) in [5.74, 6) is 2.32. The van der Waals surface area contributed by atoms with Crippen LogP contribution in [-0.2, 0) is 13.0 Å². The van der Waals surface area contributed by atoms with Gasteiger partial charge in [0.1, 0.15) is 11.3 Å². The molecule has 0 fully saturated rings. The van der Waals surface area contributed by atoms with E-state index in [0.29, 0.717) is 18.8 Å². The monoisotopic (exact) mass is 358 g/mol. The second kappa shape index (κ2) is 7.22. The SMILES string of the molecule is CCc1nc2c(N)nc3ccccc3c2n1CC(O)(CC)CCSC. The lowest BCUT2D eigenvalue weighted by molar-refractivity contribution is 0.0166. The smallest absolute Gasteiger partial charge is 0.152 e. The number of para-hydroxylation sites is 1. The van der Waals surface area contributed by atoms with Crippen molar-refractivity contribution in [1.29, 1.82) is 0 Å². The molecular weight excluding hydrogens is 332 g/mol. The number of hydrogen-bond acceptors (Lipinski definition) is 5. The predicted octanol–water partition coefficient (Wildman–Crippen LogP) is 3.62. The summed E-state index contributed by atoms with van der Waals surface area (Å²) in [4.78, 5) is 9.23. The van der Waals surface area contributed by atoms with Gasteiger partial charge in [-0.25, -0.2) is 9.97 Å². The summed E-state index contributed by atoms with van der Waals surface area (Å²) in [7, 11) is 0. The molecule has 0 radical (unpaired) electrons. The number of nitrogen functional groups attached to an aromatic ring is 1. The average Bonchev–Trinajstić information content (AvgIpc) is 2.99. The lowest BCUT2D eigenvalue weighted by Gasteiger charge is -2.28. The molecule has 0 aliphatic carbocycles. The highest BCUT2D eigenvalue weighted by Gasteiger charge is 2.28. The van der Waals surface area contributed by atoms with Gasteiger partial charge in [-0.1, -0.05) is 32.0 Å².